The van der Waals surface area contributed by atoms with Gasteiger partial charge in [0, 0.05) is 5.69 Å². The molecular weight excluding hydrogens is 218 g/mol. The van der Waals surface area contributed by atoms with Crippen LogP contribution in [0.2, 0.25) is 0 Å². The molecule has 17 heavy (non-hydrogen) atoms. The molecule has 0 bridgehead atoms. The van der Waals surface area contributed by atoms with Crippen LogP contribution in [0.5, 0.6) is 5.75 Å². The van der Waals surface area contributed by atoms with Crippen LogP contribution < -0.4 is 10.5 Å². The highest BCUT2D eigenvalue weighted by molar-refractivity contribution is 5.86. The number of ether oxygens (including phenoxy) is 1. The van der Waals surface area contributed by atoms with E-state index in [0.29, 0.717) is 5.75 Å². The van der Waals surface area contributed by atoms with Crippen LogP contribution in [0.15, 0.2) is 36.4 Å². The highest BCUT2D eigenvalue weighted by Crippen LogP contribution is 2.22. The number of fused-ring (bicyclic) bond motifs is 1. The van der Waals surface area contributed by atoms with Gasteiger partial charge in [-0.15, -0.1) is 0 Å². The van der Waals surface area contributed by atoms with Gasteiger partial charge >= 0.3 is 0 Å². The van der Waals surface area contributed by atoms with Crippen LogP contribution in [0.25, 0.3) is 10.8 Å². The van der Waals surface area contributed by atoms with Crippen molar-refractivity contribution in [2.75, 3.05) is 18.9 Å². The molecule has 90 valence electrons. The fourth-order valence-corrected chi connectivity index (χ4v) is 1.58. The average molecular weight is 233 g/mol. The summed E-state index contributed by atoms with van der Waals surface area (Å²) in [6.07, 6.45) is -0.850. The zero-order chi connectivity index (χ0) is 12.3. The third-order valence-corrected chi connectivity index (χ3v) is 2.49. The van der Waals surface area contributed by atoms with Gasteiger partial charge in [0.2, 0.25) is 0 Å². The van der Waals surface area contributed by atoms with E-state index in [2.05, 4.69) is 0 Å². The van der Waals surface area contributed by atoms with Gasteiger partial charge in [0.15, 0.2) is 0 Å². The monoisotopic (exact) mass is 233 g/mol. The minimum atomic E-state index is -0.850. The Labute approximate surface area is 99.2 Å². The first-order valence-electron chi connectivity index (χ1n) is 5.40. The minimum absolute atomic E-state index is 0.0803. The Morgan fingerprint density at radius 1 is 1.12 bits per heavy atom. The van der Waals surface area contributed by atoms with Crippen molar-refractivity contribution in [3.05, 3.63) is 36.4 Å². The second-order valence-electron chi connectivity index (χ2n) is 3.92. The number of nitrogen functional groups attached to an aromatic ring is 1. The molecule has 0 spiro atoms. The summed E-state index contributed by atoms with van der Waals surface area (Å²) in [6.45, 7) is -0.221. The van der Waals surface area contributed by atoms with E-state index in [9.17, 15) is 5.11 Å². The fraction of sp³-hybridized carbons (Fsp3) is 0.231. The van der Waals surface area contributed by atoms with Crippen LogP contribution >= 0.6 is 0 Å². The van der Waals surface area contributed by atoms with Crippen LogP contribution in [-0.2, 0) is 0 Å². The molecule has 2 rings (SSSR count). The maximum absolute atomic E-state index is 9.18. The van der Waals surface area contributed by atoms with Crippen molar-refractivity contribution in [2.45, 2.75) is 6.10 Å². The summed E-state index contributed by atoms with van der Waals surface area (Å²) in [5.41, 5.74) is 6.41. The van der Waals surface area contributed by atoms with Gasteiger partial charge in [0.05, 0.1) is 6.61 Å². The summed E-state index contributed by atoms with van der Waals surface area (Å²) in [4.78, 5) is 0. The lowest BCUT2D eigenvalue weighted by molar-refractivity contribution is 0.0536. The van der Waals surface area contributed by atoms with E-state index in [1.807, 2.05) is 36.4 Å². The van der Waals surface area contributed by atoms with Gasteiger partial charge in [0.1, 0.15) is 18.5 Å². The fourth-order valence-electron chi connectivity index (χ4n) is 1.58. The van der Waals surface area contributed by atoms with E-state index in [0.717, 1.165) is 16.5 Å². The van der Waals surface area contributed by atoms with Gasteiger partial charge in [-0.3, -0.25) is 0 Å². The predicted octanol–water partition coefficient (Wildman–Crippen LogP) is 1.15. The average Bonchev–Trinajstić information content (AvgIpc) is 2.35. The minimum Gasteiger partial charge on any atom is -0.491 e. The Morgan fingerprint density at radius 3 is 2.59 bits per heavy atom. The van der Waals surface area contributed by atoms with Crippen LogP contribution in [0.1, 0.15) is 0 Å². The number of nitrogens with two attached hydrogens (primary N) is 1. The van der Waals surface area contributed by atoms with Crippen LogP contribution in [0.3, 0.4) is 0 Å². The number of hydrogen-bond acceptors (Lipinski definition) is 4. The van der Waals surface area contributed by atoms with Gasteiger partial charge in [-0.05, 0) is 35.0 Å². The third-order valence-electron chi connectivity index (χ3n) is 2.49. The largest absolute Gasteiger partial charge is 0.491 e. The summed E-state index contributed by atoms with van der Waals surface area (Å²) in [5.74, 6) is 0.662. The highest BCUT2D eigenvalue weighted by atomic mass is 16.5. The lowest BCUT2D eigenvalue weighted by atomic mass is 10.1. The van der Waals surface area contributed by atoms with Crippen molar-refractivity contribution in [3.8, 4) is 5.75 Å². The number of hydrogen-bond donors (Lipinski definition) is 3. The number of aliphatic hydroxyl groups excluding tert-OH is 2. The molecule has 0 fully saturated rings. The molecule has 2 aromatic carbocycles. The Kier molecular flexibility index (Phi) is 3.46. The Balaban J connectivity index is 2.17. The van der Waals surface area contributed by atoms with E-state index in [1.54, 1.807) is 0 Å². The van der Waals surface area contributed by atoms with Crippen molar-refractivity contribution >= 4 is 16.5 Å². The summed E-state index contributed by atoms with van der Waals surface area (Å²) >= 11 is 0. The van der Waals surface area contributed by atoms with Gasteiger partial charge in [-0.1, -0.05) is 12.1 Å². The van der Waals surface area contributed by atoms with Crippen molar-refractivity contribution in [1.82, 2.24) is 0 Å². The molecule has 4 heteroatoms. The van der Waals surface area contributed by atoms with Crippen LogP contribution in [-0.4, -0.2) is 29.5 Å². The lowest BCUT2D eigenvalue weighted by Gasteiger charge is -2.10. The SMILES string of the molecule is Nc1ccc2cc(OCC(O)CO)ccc2c1. The molecule has 2 aromatic rings. The first-order valence-corrected chi connectivity index (χ1v) is 5.40. The standard InChI is InChI=1S/C13H15NO3/c14-11-3-1-10-6-13(4-2-9(10)5-11)17-8-12(16)7-15/h1-6,12,15-16H,7-8,14H2. The second-order valence-corrected chi connectivity index (χ2v) is 3.92. The molecule has 0 aliphatic rings. The zero-order valence-electron chi connectivity index (χ0n) is 9.34. The number of rotatable bonds is 4. The normalized spacial score (nSPS) is 12.6. The van der Waals surface area contributed by atoms with E-state index in [1.165, 1.54) is 0 Å². The number of benzene rings is 2. The Morgan fingerprint density at radius 2 is 1.82 bits per heavy atom. The topological polar surface area (TPSA) is 75.7 Å². The van der Waals surface area contributed by atoms with E-state index < -0.39 is 6.10 Å². The first kappa shape index (κ1) is 11.7. The van der Waals surface area contributed by atoms with Crippen molar-refractivity contribution < 1.29 is 14.9 Å². The molecule has 0 saturated heterocycles. The molecule has 0 aliphatic carbocycles. The van der Waals surface area contributed by atoms with Crippen molar-refractivity contribution in [2.24, 2.45) is 0 Å². The lowest BCUT2D eigenvalue weighted by Crippen LogP contribution is -2.21. The molecule has 1 unspecified atom stereocenters. The molecule has 4 N–H and O–H groups in total. The van der Waals surface area contributed by atoms with Gasteiger partial charge in [0.25, 0.3) is 0 Å². The van der Waals surface area contributed by atoms with Crippen LogP contribution in [0.4, 0.5) is 5.69 Å². The van der Waals surface area contributed by atoms with E-state index >= 15 is 0 Å². The Bertz CT molecular complexity index is 513. The molecule has 0 aliphatic heterocycles. The predicted molar refractivity (Wildman–Crippen MR) is 66.9 cm³/mol. The maximum atomic E-state index is 9.18. The molecule has 4 nitrogen and oxygen atoms in total. The summed E-state index contributed by atoms with van der Waals surface area (Å²) in [7, 11) is 0. The van der Waals surface area contributed by atoms with Crippen LogP contribution in [0, 0.1) is 0 Å². The second kappa shape index (κ2) is 5.03. The zero-order valence-corrected chi connectivity index (χ0v) is 9.34. The molecule has 0 aromatic heterocycles. The maximum Gasteiger partial charge on any atom is 0.120 e. The molecule has 0 amide bonds. The van der Waals surface area contributed by atoms with E-state index in [4.69, 9.17) is 15.6 Å². The highest BCUT2D eigenvalue weighted by Gasteiger charge is 2.03. The number of anilines is 1. The van der Waals surface area contributed by atoms with Crippen molar-refractivity contribution in [3.63, 3.8) is 0 Å². The molecular formula is C13H15NO3. The van der Waals surface area contributed by atoms with Gasteiger partial charge in [-0.2, -0.15) is 0 Å². The summed E-state index contributed by atoms with van der Waals surface area (Å²) < 4.78 is 5.36. The molecule has 0 heterocycles. The third kappa shape index (κ3) is 2.87. The van der Waals surface area contributed by atoms with Gasteiger partial charge < -0.3 is 20.7 Å². The molecule has 0 radical (unpaired) electrons. The smallest absolute Gasteiger partial charge is 0.120 e. The number of aliphatic hydroxyl groups is 2. The quantitative estimate of drug-likeness (QED) is 0.692. The summed E-state index contributed by atoms with van der Waals surface area (Å²) in [6, 6.07) is 11.2. The van der Waals surface area contributed by atoms with E-state index in [-0.39, 0.29) is 13.2 Å². The molecule has 0 saturated carbocycles. The van der Waals surface area contributed by atoms with Crippen molar-refractivity contribution in [1.29, 1.82) is 0 Å². The summed E-state index contributed by atoms with van der Waals surface area (Å²) in [5, 5.41) is 19.9. The molecule has 1 atom stereocenters. The van der Waals surface area contributed by atoms with Gasteiger partial charge in [-0.25, -0.2) is 0 Å². The Hall–Kier alpha value is -1.78. The first-order chi connectivity index (χ1) is 8.19.